The smallest absolute Gasteiger partial charge is 0.0244 e. The van der Waals surface area contributed by atoms with Crippen LogP contribution in [0.15, 0.2) is 0 Å². The van der Waals surface area contributed by atoms with Crippen LogP contribution in [0, 0.1) is 17.3 Å². The Balaban J connectivity index is 1.73. The molecular weight excluding hydrogens is 160 g/mol. The van der Waals surface area contributed by atoms with Crippen LogP contribution in [-0.4, -0.2) is 6.04 Å². The summed E-state index contributed by atoms with van der Waals surface area (Å²) in [7, 11) is 0. The molecule has 2 fully saturated rings. The van der Waals surface area contributed by atoms with E-state index in [0.717, 1.165) is 11.8 Å². The van der Waals surface area contributed by atoms with Gasteiger partial charge in [0.25, 0.3) is 0 Å². The van der Waals surface area contributed by atoms with E-state index in [1.165, 1.54) is 32.1 Å². The molecule has 0 heterocycles. The fourth-order valence-corrected chi connectivity index (χ4v) is 2.42. The highest BCUT2D eigenvalue weighted by Crippen LogP contribution is 2.54. The highest BCUT2D eigenvalue weighted by molar-refractivity contribution is 5.01. The molecule has 0 aromatic carbocycles. The molecule has 2 unspecified atom stereocenters. The molecule has 2 heteroatoms. The average Bonchev–Trinajstić information content (AvgIpc) is 2.93. The van der Waals surface area contributed by atoms with Gasteiger partial charge in [-0.15, -0.1) is 0 Å². The van der Waals surface area contributed by atoms with Gasteiger partial charge in [-0.05, 0) is 36.5 Å². The largest absolute Gasteiger partial charge is 0.271 e. The molecule has 0 amide bonds. The summed E-state index contributed by atoms with van der Waals surface area (Å²) in [6, 6.07) is 0.579. The third kappa shape index (κ3) is 2.23. The van der Waals surface area contributed by atoms with Crippen LogP contribution in [0.1, 0.15) is 46.0 Å². The van der Waals surface area contributed by atoms with Crippen LogP contribution < -0.4 is 11.3 Å². The van der Waals surface area contributed by atoms with Gasteiger partial charge in [-0.25, -0.2) is 0 Å². The van der Waals surface area contributed by atoms with Crippen molar-refractivity contribution in [2.75, 3.05) is 0 Å². The Hall–Kier alpha value is -0.0800. The summed E-state index contributed by atoms with van der Waals surface area (Å²) in [5.41, 5.74) is 3.56. The van der Waals surface area contributed by atoms with Gasteiger partial charge in [0.1, 0.15) is 0 Å². The zero-order valence-electron chi connectivity index (χ0n) is 8.84. The minimum Gasteiger partial charge on any atom is -0.271 e. The number of nitrogens with two attached hydrogens (primary N) is 1. The normalized spacial score (nSPS) is 33.0. The fraction of sp³-hybridized carbons (Fsp3) is 1.00. The summed E-state index contributed by atoms with van der Waals surface area (Å²) < 4.78 is 0. The SMILES string of the molecule is CC1(C)CC1C(CCC1CC1)NN. The molecule has 0 spiro atoms. The second kappa shape index (κ2) is 3.25. The van der Waals surface area contributed by atoms with Crippen molar-refractivity contribution < 1.29 is 0 Å². The summed E-state index contributed by atoms with van der Waals surface area (Å²) in [6.45, 7) is 4.69. The summed E-state index contributed by atoms with van der Waals surface area (Å²) in [5, 5.41) is 0. The van der Waals surface area contributed by atoms with Gasteiger partial charge in [-0.3, -0.25) is 11.3 Å². The maximum absolute atomic E-state index is 5.59. The molecule has 0 aliphatic heterocycles. The predicted molar refractivity (Wildman–Crippen MR) is 55.0 cm³/mol. The van der Waals surface area contributed by atoms with E-state index < -0.39 is 0 Å². The van der Waals surface area contributed by atoms with Crippen molar-refractivity contribution in [1.82, 2.24) is 5.43 Å². The van der Waals surface area contributed by atoms with Crippen molar-refractivity contribution in [3.63, 3.8) is 0 Å². The third-order valence-corrected chi connectivity index (χ3v) is 3.87. The molecule has 3 N–H and O–H groups in total. The highest BCUT2D eigenvalue weighted by atomic mass is 15.2. The molecule has 2 aliphatic carbocycles. The van der Waals surface area contributed by atoms with Crippen LogP contribution in [0.4, 0.5) is 0 Å². The standard InChI is InChI=1S/C11H22N2/c1-11(2)7-9(11)10(13-12)6-5-8-3-4-8/h8-10,13H,3-7,12H2,1-2H3. The molecule has 2 rings (SSSR count). The average molecular weight is 182 g/mol. The lowest BCUT2D eigenvalue weighted by atomic mass is 9.99. The van der Waals surface area contributed by atoms with Gasteiger partial charge < -0.3 is 0 Å². The van der Waals surface area contributed by atoms with E-state index in [1.807, 2.05) is 0 Å². The van der Waals surface area contributed by atoms with Crippen molar-refractivity contribution in [2.45, 2.75) is 52.0 Å². The van der Waals surface area contributed by atoms with Gasteiger partial charge in [-0.2, -0.15) is 0 Å². The summed E-state index contributed by atoms with van der Waals surface area (Å²) in [6.07, 6.45) is 6.96. The van der Waals surface area contributed by atoms with E-state index in [-0.39, 0.29) is 0 Å². The van der Waals surface area contributed by atoms with Crippen molar-refractivity contribution in [3.05, 3.63) is 0 Å². The molecule has 2 aliphatic rings. The maximum atomic E-state index is 5.59. The Labute approximate surface area is 81.2 Å². The molecule has 0 saturated heterocycles. The van der Waals surface area contributed by atoms with Gasteiger partial charge in [0, 0.05) is 6.04 Å². The highest BCUT2D eigenvalue weighted by Gasteiger charge is 2.49. The lowest BCUT2D eigenvalue weighted by Crippen LogP contribution is -2.38. The van der Waals surface area contributed by atoms with Crippen LogP contribution >= 0.6 is 0 Å². The van der Waals surface area contributed by atoms with E-state index >= 15 is 0 Å². The first kappa shape index (κ1) is 9.47. The van der Waals surface area contributed by atoms with E-state index in [4.69, 9.17) is 5.84 Å². The maximum Gasteiger partial charge on any atom is 0.0244 e. The van der Waals surface area contributed by atoms with Crippen LogP contribution in [-0.2, 0) is 0 Å². The Morgan fingerprint density at radius 1 is 1.46 bits per heavy atom. The second-order valence-electron chi connectivity index (χ2n) is 5.59. The third-order valence-electron chi connectivity index (χ3n) is 3.87. The predicted octanol–water partition coefficient (Wildman–Crippen LogP) is 2.05. The first-order valence-electron chi connectivity index (χ1n) is 5.59. The van der Waals surface area contributed by atoms with Gasteiger partial charge in [0.2, 0.25) is 0 Å². The molecular formula is C11H22N2. The summed E-state index contributed by atoms with van der Waals surface area (Å²) in [5.74, 6) is 7.46. The lowest BCUT2D eigenvalue weighted by Gasteiger charge is -2.17. The molecule has 0 aromatic heterocycles. The Morgan fingerprint density at radius 2 is 2.08 bits per heavy atom. The molecule has 0 aromatic rings. The molecule has 2 atom stereocenters. The molecule has 13 heavy (non-hydrogen) atoms. The Kier molecular flexibility index (Phi) is 2.37. The van der Waals surface area contributed by atoms with E-state index in [1.54, 1.807) is 0 Å². The van der Waals surface area contributed by atoms with E-state index in [9.17, 15) is 0 Å². The lowest BCUT2D eigenvalue weighted by molar-refractivity contribution is 0.376. The number of hydrogen-bond donors (Lipinski definition) is 2. The van der Waals surface area contributed by atoms with E-state index in [0.29, 0.717) is 11.5 Å². The molecule has 0 bridgehead atoms. The van der Waals surface area contributed by atoms with Gasteiger partial charge in [0.15, 0.2) is 0 Å². The molecule has 2 saturated carbocycles. The zero-order valence-corrected chi connectivity index (χ0v) is 8.84. The fourth-order valence-electron chi connectivity index (χ4n) is 2.42. The second-order valence-corrected chi connectivity index (χ2v) is 5.59. The van der Waals surface area contributed by atoms with Crippen LogP contribution in [0.5, 0.6) is 0 Å². The van der Waals surface area contributed by atoms with Crippen LogP contribution in [0.3, 0.4) is 0 Å². The monoisotopic (exact) mass is 182 g/mol. The molecule has 76 valence electrons. The van der Waals surface area contributed by atoms with Gasteiger partial charge >= 0.3 is 0 Å². The minimum atomic E-state index is 0.556. The Morgan fingerprint density at radius 3 is 2.46 bits per heavy atom. The first-order valence-corrected chi connectivity index (χ1v) is 5.59. The summed E-state index contributed by atoms with van der Waals surface area (Å²) >= 11 is 0. The Bertz CT molecular complexity index is 185. The van der Waals surface area contributed by atoms with Crippen molar-refractivity contribution in [1.29, 1.82) is 0 Å². The minimum absolute atomic E-state index is 0.556. The molecule has 2 nitrogen and oxygen atoms in total. The number of rotatable bonds is 5. The van der Waals surface area contributed by atoms with Gasteiger partial charge in [0.05, 0.1) is 0 Å². The first-order chi connectivity index (χ1) is 6.13. The summed E-state index contributed by atoms with van der Waals surface area (Å²) in [4.78, 5) is 0. The van der Waals surface area contributed by atoms with Gasteiger partial charge in [-0.1, -0.05) is 26.7 Å². The van der Waals surface area contributed by atoms with Crippen molar-refractivity contribution in [3.8, 4) is 0 Å². The number of nitrogens with one attached hydrogen (secondary N) is 1. The quantitative estimate of drug-likeness (QED) is 0.504. The number of hydrogen-bond acceptors (Lipinski definition) is 2. The van der Waals surface area contributed by atoms with Crippen molar-refractivity contribution in [2.24, 2.45) is 23.1 Å². The van der Waals surface area contributed by atoms with Crippen molar-refractivity contribution >= 4 is 0 Å². The van der Waals surface area contributed by atoms with Crippen LogP contribution in [0.2, 0.25) is 0 Å². The molecule has 0 radical (unpaired) electrons. The topological polar surface area (TPSA) is 38.0 Å². The zero-order chi connectivity index (χ0) is 9.47. The van der Waals surface area contributed by atoms with Crippen LogP contribution in [0.25, 0.3) is 0 Å². The number of hydrazine groups is 1. The van der Waals surface area contributed by atoms with E-state index in [2.05, 4.69) is 19.3 Å².